The Morgan fingerprint density at radius 2 is 2.00 bits per heavy atom. The Morgan fingerprint density at radius 1 is 1.33 bits per heavy atom. The van der Waals surface area contributed by atoms with Crippen LogP contribution in [0.5, 0.6) is 0 Å². The lowest BCUT2D eigenvalue weighted by Gasteiger charge is -2.32. The van der Waals surface area contributed by atoms with Crippen molar-refractivity contribution in [2.75, 3.05) is 13.1 Å². The van der Waals surface area contributed by atoms with E-state index in [4.69, 9.17) is 0 Å². The van der Waals surface area contributed by atoms with Gasteiger partial charge in [0.2, 0.25) is 0 Å². The van der Waals surface area contributed by atoms with Gasteiger partial charge in [-0.3, -0.25) is 0 Å². The average Bonchev–Trinajstić information content (AvgIpc) is 2.06. The van der Waals surface area contributed by atoms with E-state index in [1.54, 1.807) is 0 Å². The van der Waals surface area contributed by atoms with E-state index in [9.17, 15) is 5.11 Å². The molecule has 0 aromatic rings. The van der Waals surface area contributed by atoms with E-state index in [-0.39, 0.29) is 0 Å². The third kappa shape index (κ3) is 2.95. The van der Waals surface area contributed by atoms with Gasteiger partial charge in [0.15, 0.2) is 0 Å². The van der Waals surface area contributed by atoms with Crippen LogP contribution in [0, 0.1) is 0 Å². The minimum atomic E-state index is -0.429. The molecule has 0 saturated heterocycles. The molecule has 0 aliphatic heterocycles. The number of hydrogen-bond acceptors (Lipinski definition) is 2. The minimum absolute atomic E-state index is 0.429. The van der Waals surface area contributed by atoms with Gasteiger partial charge in [0, 0.05) is 13.1 Å². The Hall–Kier alpha value is -0.340. The second-order valence-electron chi connectivity index (χ2n) is 3.70. The summed E-state index contributed by atoms with van der Waals surface area (Å²) < 4.78 is 0. The maximum Gasteiger partial charge on any atom is 0.0771 e. The third-order valence-corrected chi connectivity index (χ3v) is 2.53. The number of nitrogens with one attached hydrogen (secondary N) is 1. The van der Waals surface area contributed by atoms with Crippen molar-refractivity contribution in [1.82, 2.24) is 5.32 Å². The van der Waals surface area contributed by atoms with Gasteiger partial charge in [-0.1, -0.05) is 25.3 Å². The molecule has 1 aliphatic carbocycles. The molecule has 2 nitrogen and oxygen atoms in total. The first-order chi connectivity index (χ1) is 5.77. The van der Waals surface area contributed by atoms with Crippen LogP contribution in [0.15, 0.2) is 12.7 Å². The summed E-state index contributed by atoms with van der Waals surface area (Å²) in [6.07, 6.45) is 7.36. The van der Waals surface area contributed by atoms with Crippen molar-refractivity contribution in [2.24, 2.45) is 0 Å². The SMILES string of the molecule is C=CCNCC1(O)CCCCC1. The van der Waals surface area contributed by atoms with Crippen molar-refractivity contribution in [3.05, 3.63) is 12.7 Å². The molecule has 2 heteroatoms. The van der Waals surface area contributed by atoms with E-state index >= 15 is 0 Å². The standard InChI is InChI=1S/C10H19NO/c1-2-8-11-9-10(12)6-4-3-5-7-10/h2,11-12H,1,3-9H2. The van der Waals surface area contributed by atoms with E-state index < -0.39 is 5.60 Å². The molecular weight excluding hydrogens is 150 g/mol. The van der Waals surface area contributed by atoms with Crippen molar-refractivity contribution in [3.8, 4) is 0 Å². The fraction of sp³-hybridized carbons (Fsp3) is 0.800. The van der Waals surface area contributed by atoms with Crippen LogP contribution in [0.3, 0.4) is 0 Å². The molecule has 1 saturated carbocycles. The molecule has 0 amide bonds. The zero-order valence-corrected chi connectivity index (χ0v) is 7.68. The summed E-state index contributed by atoms with van der Waals surface area (Å²) in [5.74, 6) is 0. The van der Waals surface area contributed by atoms with E-state index in [2.05, 4.69) is 11.9 Å². The molecule has 1 aliphatic rings. The van der Waals surface area contributed by atoms with Crippen molar-refractivity contribution in [1.29, 1.82) is 0 Å². The van der Waals surface area contributed by atoms with Crippen molar-refractivity contribution in [3.63, 3.8) is 0 Å². The van der Waals surface area contributed by atoms with Crippen molar-refractivity contribution >= 4 is 0 Å². The zero-order valence-electron chi connectivity index (χ0n) is 7.68. The molecule has 0 radical (unpaired) electrons. The molecule has 0 aromatic carbocycles. The summed E-state index contributed by atoms with van der Waals surface area (Å²) in [4.78, 5) is 0. The monoisotopic (exact) mass is 169 g/mol. The predicted molar refractivity (Wildman–Crippen MR) is 51.1 cm³/mol. The first-order valence-electron chi connectivity index (χ1n) is 4.81. The summed E-state index contributed by atoms with van der Waals surface area (Å²) in [5.41, 5.74) is -0.429. The van der Waals surface area contributed by atoms with Crippen LogP contribution in [-0.4, -0.2) is 23.8 Å². The van der Waals surface area contributed by atoms with Crippen LogP contribution < -0.4 is 5.32 Å². The average molecular weight is 169 g/mol. The predicted octanol–water partition coefficient (Wildman–Crippen LogP) is 1.46. The highest BCUT2D eigenvalue weighted by Crippen LogP contribution is 2.26. The highest BCUT2D eigenvalue weighted by Gasteiger charge is 2.27. The smallest absolute Gasteiger partial charge is 0.0771 e. The quantitative estimate of drug-likeness (QED) is 0.493. The lowest BCUT2D eigenvalue weighted by Crippen LogP contribution is -2.42. The van der Waals surface area contributed by atoms with E-state index in [1.165, 1.54) is 19.3 Å². The van der Waals surface area contributed by atoms with Crippen LogP contribution in [0.1, 0.15) is 32.1 Å². The largest absolute Gasteiger partial charge is 0.389 e. The molecule has 0 aromatic heterocycles. The van der Waals surface area contributed by atoms with Gasteiger partial charge in [-0.05, 0) is 12.8 Å². The molecule has 0 bridgehead atoms. The molecule has 0 unspecified atom stereocenters. The number of hydrogen-bond donors (Lipinski definition) is 2. The van der Waals surface area contributed by atoms with Crippen LogP contribution in [-0.2, 0) is 0 Å². The van der Waals surface area contributed by atoms with Gasteiger partial charge < -0.3 is 10.4 Å². The second kappa shape index (κ2) is 4.63. The normalized spacial score (nSPS) is 22.1. The maximum absolute atomic E-state index is 10.0. The van der Waals surface area contributed by atoms with Gasteiger partial charge in [-0.25, -0.2) is 0 Å². The summed E-state index contributed by atoms with van der Waals surface area (Å²) in [6.45, 7) is 5.14. The molecule has 0 atom stereocenters. The first-order valence-corrected chi connectivity index (χ1v) is 4.81. The van der Waals surface area contributed by atoms with E-state index in [1.807, 2.05) is 6.08 Å². The third-order valence-electron chi connectivity index (χ3n) is 2.53. The van der Waals surface area contributed by atoms with Crippen LogP contribution in [0.2, 0.25) is 0 Å². The fourth-order valence-corrected chi connectivity index (χ4v) is 1.79. The molecule has 0 heterocycles. The molecular formula is C10H19NO. The van der Waals surface area contributed by atoms with Crippen molar-refractivity contribution in [2.45, 2.75) is 37.7 Å². The molecule has 12 heavy (non-hydrogen) atoms. The minimum Gasteiger partial charge on any atom is -0.389 e. The second-order valence-corrected chi connectivity index (χ2v) is 3.70. The molecule has 2 N–H and O–H groups in total. The van der Waals surface area contributed by atoms with Crippen molar-refractivity contribution < 1.29 is 5.11 Å². The first kappa shape index (κ1) is 9.75. The number of rotatable bonds is 4. The molecule has 1 rings (SSSR count). The van der Waals surface area contributed by atoms with Gasteiger partial charge in [0.25, 0.3) is 0 Å². The Balaban J connectivity index is 2.21. The van der Waals surface area contributed by atoms with E-state index in [0.717, 1.165) is 25.9 Å². The molecule has 0 spiro atoms. The van der Waals surface area contributed by atoms with Gasteiger partial charge >= 0.3 is 0 Å². The summed E-state index contributed by atoms with van der Waals surface area (Å²) in [7, 11) is 0. The maximum atomic E-state index is 10.0. The lowest BCUT2D eigenvalue weighted by molar-refractivity contribution is 0.00575. The van der Waals surface area contributed by atoms with Gasteiger partial charge in [0.05, 0.1) is 5.60 Å². The summed E-state index contributed by atoms with van der Waals surface area (Å²) in [5, 5.41) is 13.2. The topological polar surface area (TPSA) is 32.3 Å². The van der Waals surface area contributed by atoms with Crippen LogP contribution >= 0.6 is 0 Å². The highest BCUT2D eigenvalue weighted by atomic mass is 16.3. The van der Waals surface area contributed by atoms with Gasteiger partial charge in [-0.2, -0.15) is 0 Å². The Kier molecular flexibility index (Phi) is 3.76. The fourth-order valence-electron chi connectivity index (χ4n) is 1.79. The van der Waals surface area contributed by atoms with E-state index in [0.29, 0.717) is 0 Å². The Labute approximate surface area is 74.7 Å². The van der Waals surface area contributed by atoms with Crippen LogP contribution in [0.25, 0.3) is 0 Å². The summed E-state index contributed by atoms with van der Waals surface area (Å²) in [6, 6.07) is 0. The highest BCUT2D eigenvalue weighted by molar-refractivity contribution is 4.85. The zero-order chi connectivity index (χ0) is 8.86. The van der Waals surface area contributed by atoms with Crippen LogP contribution in [0.4, 0.5) is 0 Å². The van der Waals surface area contributed by atoms with Gasteiger partial charge in [-0.15, -0.1) is 6.58 Å². The lowest BCUT2D eigenvalue weighted by atomic mass is 9.85. The number of aliphatic hydroxyl groups is 1. The summed E-state index contributed by atoms with van der Waals surface area (Å²) >= 11 is 0. The molecule has 70 valence electrons. The molecule has 1 fully saturated rings. The van der Waals surface area contributed by atoms with Gasteiger partial charge in [0.1, 0.15) is 0 Å². The Bertz CT molecular complexity index is 139. The Morgan fingerprint density at radius 3 is 2.58 bits per heavy atom.